The molecule has 0 saturated heterocycles. The van der Waals surface area contributed by atoms with Crippen LogP contribution in [0, 0.1) is 0 Å². The third-order valence-electron chi connectivity index (χ3n) is 3.50. The quantitative estimate of drug-likeness (QED) is 0.575. The summed E-state index contributed by atoms with van der Waals surface area (Å²) in [7, 11) is 1.54. The molecule has 3 rings (SSSR count). The molecule has 0 spiro atoms. The highest BCUT2D eigenvalue weighted by molar-refractivity contribution is 7.13. The van der Waals surface area contributed by atoms with Crippen molar-refractivity contribution in [3.05, 3.63) is 47.2 Å². The average molecular weight is 374 g/mol. The van der Waals surface area contributed by atoms with E-state index in [0.29, 0.717) is 29.6 Å². The largest absolute Gasteiger partial charge is 0.493 e. The molecule has 8 heteroatoms. The predicted octanol–water partition coefficient (Wildman–Crippen LogP) is 4.12. The highest BCUT2D eigenvalue weighted by Crippen LogP contribution is 2.30. The summed E-state index contributed by atoms with van der Waals surface area (Å²) in [6.07, 6.45) is -0.679. The first-order valence-electron chi connectivity index (χ1n) is 8.01. The minimum Gasteiger partial charge on any atom is -0.493 e. The maximum absolute atomic E-state index is 12.4. The Balaban J connectivity index is 1.72. The maximum Gasteiger partial charge on any atom is 0.339 e. The van der Waals surface area contributed by atoms with E-state index in [1.165, 1.54) is 11.3 Å². The van der Waals surface area contributed by atoms with Crippen LogP contribution in [0.3, 0.4) is 0 Å². The normalized spacial score (nSPS) is 11.8. The summed E-state index contributed by atoms with van der Waals surface area (Å²) in [4.78, 5) is 13.3. The van der Waals surface area contributed by atoms with Gasteiger partial charge in [-0.05, 0) is 43.5 Å². The molecule has 0 amide bonds. The number of thiophene rings is 1. The average Bonchev–Trinajstić information content (AvgIpc) is 3.33. The molecule has 2 heterocycles. The van der Waals surface area contributed by atoms with Crippen LogP contribution in [0.4, 0.5) is 0 Å². The number of ether oxygens (including phenoxy) is 3. The lowest BCUT2D eigenvalue weighted by atomic mass is 10.2. The van der Waals surface area contributed by atoms with Crippen LogP contribution in [-0.4, -0.2) is 29.9 Å². The number of carbonyl (C=O) groups excluding carboxylic acids is 1. The standard InChI is InChI=1S/C18H18N2O5S/c1-4-23-14-10-12(7-8-13(14)22-3)18(21)24-11(2)16-19-20-17(25-16)15-6-5-9-26-15/h5-11H,4H2,1-3H3/t11-/m0/s1. The van der Waals surface area contributed by atoms with E-state index in [1.807, 2.05) is 24.4 Å². The number of rotatable bonds is 7. The number of carbonyl (C=O) groups is 1. The Labute approximate surface area is 154 Å². The zero-order valence-corrected chi connectivity index (χ0v) is 15.4. The molecule has 0 radical (unpaired) electrons. The number of esters is 1. The Hall–Kier alpha value is -2.87. The van der Waals surface area contributed by atoms with Crippen molar-refractivity contribution in [3.8, 4) is 22.3 Å². The van der Waals surface area contributed by atoms with Crippen molar-refractivity contribution in [2.24, 2.45) is 0 Å². The minimum atomic E-state index is -0.679. The first-order chi connectivity index (χ1) is 12.6. The molecule has 0 fully saturated rings. The van der Waals surface area contributed by atoms with Gasteiger partial charge in [-0.1, -0.05) is 6.07 Å². The highest BCUT2D eigenvalue weighted by Gasteiger charge is 2.21. The van der Waals surface area contributed by atoms with Crippen LogP contribution < -0.4 is 9.47 Å². The molecule has 0 aliphatic carbocycles. The summed E-state index contributed by atoms with van der Waals surface area (Å²) in [5.74, 6) is 1.15. The second-order valence-corrected chi connectivity index (χ2v) is 6.22. The summed E-state index contributed by atoms with van der Waals surface area (Å²) >= 11 is 1.49. The third kappa shape index (κ3) is 3.85. The van der Waals surface area contributed by atoms with E-state index in [4.69, 9.17) is 18.6 Å². The summed E-state index contributed by atoms with van der Waals surface area (Å²) in [5, 5.41) is 9.87. The lowest BCUT2D eigenvalue weighted by molar-refractivity contribution is 0.0279. The summed E-state index contributed by atoms with van der Waals surface area (Å²) in [5.41, 5.74) is 0.346. The van der Waals surface area contributed by atoms with E-state index >= 15 is 0 Å². The molecular formula is C18H18N2O5S. The zero-order valence-electron chi connectivity index (χ0n) is 14.6. The molecule has 0 bridgehead atoms. The minimum absolute atomic E-state index is 0.236. The van der Waals surface area contributed by atoms with Crippen molar-refractivity contribution < 1.29 is 23.4 Å². The van der Waals surface area contributed by atoms with E-state index in [0.717, 1.165) is 4.88 Å². The maximum atomic E-state index is 12.4. The molecule has 0 unspecified atom stereocenters. The van der Waals surface area contributed by atoms with Crippen molar-refractivity contribution in [1.82, 2.24) is 10.2 Å². The van der Waals surface area contributed by atoms with E-state index < -0.39 is 12.1 Å². The number of aromatic nitrogens is 2. The number of benzene rings is 1. The molecule has 0 aliphatic heterocycles. The van der Waals surface area contributed by atoms with Gasteiger partial charge in [0.2, 0.25) is 0 Å². The van der Waals surface area contributed by atoms with Crippen molar-refractivity contribution in [3.63, 3.8) is 0 Å². The molecule has 1 atom stereocenters. The molecule has 3 aromatic rings. The molecule has 0 aliphatic rings. The van der Waals surface area contributed by atoms with Crippen molar-refractivity contribution in [2.45, 2.75) is 20.0 Å². The van der Waals surface area contributed by atoms with Crippen LogP contribution in [0.1, 0.15) is 36.2 Å². The Kier molecular flexibility index (Phi) is 5.52. The van der Waals surface area contributed by atoms with Crippen LogP contribution in [0.5, 0.6) is 11.5 Å². The number of hydrogen-bond acceptors (Lipinski definition) is 8. The van der Waals surface area contributed by atoms with Gasteiger partial charge in [0, 0.05) is 0 Å². The Morgan fingerprint density at radius 3 is 2.81 bits per heavy atom. The van der Waals surface area contributed by atoms with Gasteiger partial charge < -0.3 is 18.6 Å². The molecule has 136 valence electrons. The van der Waals surface area contributed by atoms with E-state index in [1.54, 1.807) is 32.2 Å². The number of nitrogens with zero attached hydrogens (tertiary/aromatic N) is 2. The van der Waals surface area contributed by atoms with Crippen molar-refractivity contribution in [2.75, 3.05) is 13.7 Å². The summed E-state index contributed by atoms with van der Waals surface area (Å²) in [6, 6.07) is 8.63. The molecule has 7 nitrogen and oxygen atoms in total. The Morgan fingerprint density at radius 2 is 2.12 bits per heavy atom. The van der Waals surface area contributed by atoms with Crippen LogP contribution in [0.2, 0.25) is 0 Å². The highest BCUT2D eigenvalue weighted by atomic mass is 32.1. The monoisotopic (exact) mass is 374 g/mol. The first kappa shape index (κ1) is 17.9. The van der Waals surface area contributed by atoms with Crippen molar-refractivity contribution in [1.29, 1.82) is 0 Å². The lowest BCUT2D eigenvalue weighted by Gasteiger charge is -2.12. The topological polar surface area (TPSA) is 83.7 Å². The van der Waals surface area contributed by atoms with Gasteiger partial charge >= 0.3 is 5.97 Å². The van der Waals surface area contributed by atoms with E-state index in [2.05, 4.69) is 10.2 Å². The van der Waals surface area contributed by atoms with Gasteiger partial charge in [0.05, 0.1) is 24.2 Å². The summed E-state index contributed by atoms with van der Waals surface area (Å²) < 4.78 is 21.7. The summed E-state index contributed by atoms with van der Waals surface area (Å²) in [6.45, 7) is 3.99. The fraction of sp³-hybridized carbons (Fsp3) is 0.278. The molecule has 26 heavy (non-hydrogen) atoms. The van der Waals surface area contributed by atoms with Gasteiger partial charge in [-0.15, -0.1) is 21.5 Å². The Morgan fingerprint density at radius 1 is 1.27 bits per heavy atom. The van der Waals surface area contributed by atoms with Crippen LogP contribution in [0.25, 0.3) is 10.8 Å². The van der Waals surface area contributed by atoms with Gasteiger partial charge in [-0.3, -0.25) is 0 Å². The van der Waals surface area contributed by atoms with Crippen LogP contribution >= 0.6 is 11.3 Å². The van der Waals surface area contributed by atoms with Crippen LogP contribution in [0.15, 0.2) is 40.1 Å². The van der Waals surface area contributed by atoms with Gasteiger partial charge in [0.25, 0.3) is 11.8 Å². The Bertz CT molecular complexity index is 876. The first-order valence-corrected chi connectivity index (χ1v) is 8.89. The molecule has 0 saturated carbocycles. The molecule has 2 aromatic heterocycles. The fourth-order valence-corrected chi connectivity index (χ4v) is 2.89. The molecule has 0 N–H and O–H groups in total. The van der Waals surface area contributed by atoms with Gasteiger partial charge in [0.1, 0.15) is 0 Å². The molecular weight excluding hydrogens is 356 g/mol. The second kappa shape index (κ2) is 8.01. The van der Waals surface area contributed by atoms with E-state index in [-0.39, 0.29) is 5.89 Å². The van der Waals surface area contributed by atoms with Gasteiger partial charge in [0.15, 0.2) is 17.6 Å². The SMILES string of the molecule is CCOc1cc(C(=O)O[C@@H](C)c2nnc(-c3cccs3)o2)ccc1OC. The van der Waals surface area contributed by atoms with Crippen LogP contribution in [-0.2, 0) is 4.74 Å². The second-order valence-electron chi connectivity index (χ2n) is 5.27. The third-order valence-corrected chi connectivity index (χ3v) is 4.36. The fourth-order valence-electron chi connectivity index (χ4n) is 2.25. The molecule has 1 aromatic carbocycles. The smallest absolute Gasteiger partial charge is 0.339 e. The van der Waals surface area contributed by atoms with Gasteiger partial charge in [-0.25, -0.2) is 4.79 Å². The predicted molar refractivity (Wildman–Crippen MR) is 95.6 cm³/mol. The van der Waals surface area contributed by atoms with Crippen molar-refractivity contribution >= 4 is 17.3 Å². The van der Waals surface area contributed by atoms with E-state index in [9.17, 15) is 4.79 Å². The number of hydrogen-bond donors (Lipinski definition) is 0. The lowest BCUT2D eigenvalue weighted by Crippen LogP contribution is -2.10. The van der Waals surface area contributed by atoms with Gasteiger partial charge in [-0.2, -0.15) is 0 Å². The number of methoxy groups -OCH3 is 1. The zero-order chi connectivity index (χ0) is 18.5.